The lowest BCUT2D eigenvalue weighted by molar-refractivity contribution is -0.122. The van der Waals surface area contributed by atoms with Gasteiger partial charge in [0.15, 0.2) is 0 Å². The smallest absolute Gasteiger partial charge is 0.237 e. The molecule has 0 spiro atoms. The van der Waals surface area contributed by atoms with Crippen LogP contribution in [0.4, 0.5) is 5.69 Å². The van der Waals surface area contributed by atoms with Crippen LogP contribution in [0.15, 0.2) is 24.3 Å². The lowest BCUT2D eigenvalue weighted by Gasteiger charge is -2.23. The predicted octanol–water partition coefficient (Wildman–Crippen LogP) is 1.50. The zero-order valence-electron chi connectivity index (χ0n) is 12.6. The summed E-state index contributed by atoms with van der Waals surface area (Å²) in [5.74, 6) is 0.409. The van der Waals surface area contributed by atoms with Gasteiger partial charge in [-0.05, 0) is 38.3 Å². The van der Waals surface area contributed by atoms with Crippen molar-refractivity contribution in [2.45, 2.75) is 31.7 Å². The van der Waals surface area contributed by atoms with Crippen molar-refractivity contribution in [1.82, 2.24) is 0 Å². The number of primary amides is 1. The van der Waals surface area contributed by atoms with Crippen LogP contribution in [-0.2, 0) is 4.79 Å². The summed E-state index contributed by atoms with van der Waals surface area (Å²) in [5.41, 5.74) is 11.2. The van der Waals surface area contributed by atoms with E-state index in [1.54, 1.807) is 14.0 Å². The number of nitrogens with two attached hydrogens (primary N) is 2. The highest BCUT2D eigenvalue weighted by molar-refractivity contribution is 5.83. The zero-order valence-corrected chi connectivity index (χ0v) is 12.6. The van der Waals surface area contributed by atoms with Crippen LogP contribution in [0.1, 0.15) is 26.2 Å². The number of amides is 1. The number of rotatable bonds is 8. The summed E-state index contributed by atoms with van der Waals surface area (Å²) in [7, 11) is 3.69. The maximum Gasteiger partial charge on any atom is 0.237 e. The molecule has 1 unspecified atom stereocenters. The molecular weight excluding hydrogens is 254 g/mol. The van der Waals surface area contributed by atoms with Crippen LogP contribution in [0.25, 0.3) is 0 Å². The minimum absolute atomic E-state index is 0.449. The van der Waals surface area contributed by atoms with Gasteiger partial charge in [-0.15, -0.1) is 0 Å². The van der Waals surface area contributed by atoms with Gasteiger partial charge in [0.05, 0.1) is 18.3 Å². The van der Waals surface area contributed by atoms with Gasteiger partial charge in [0.2, 0.25) is 5.91 Å². The topological polar surface area (TPSA) is 81.6 Å². The minimum atomic E-state index is -0.914. The molecule has 5 heteroatoms. The molecule has 0 aliphatic heterocycles. The number of ether oxygens (including phenoxy) is 1. The van der Waals surface area contributed by atoms with Crippen molar-refractivity contribution in [2.75, 3.05) is 25.6 Å². The Morgan fingerprint density at radius 3 is 2.60 bits per heavy atom. The molecule has 0 aliphatic carbocycles. The first kappa shape index (κ1) is 16.3. The molecule has 0 saturated carbocycles. The molecule has 5 nitrogen and oxygen atoms in total. The number of unbranched alkanes of at least 4 members (excludes halogenated alkanes) is 1. The highest BCUT2D eigenvalue weighted by atomic mass is 16.5. The summed E-state index contributed by atoms with van der Waals surface area (Å²) in [4.78, 5) is 13.3. The van der Waals surface area contributed by atoms with Crippen molar-refractivity contribution in [1.29, 1.82) is 0 Å². The van der Waals surface area contributed by atoms with Gasteiger partial charge >= 0.3 is 0 Å². The summed E-state index contributed by atoms with van der Waals surface area (Å²) >= 11 is 0. The van der Waals surface area contributed by atoms with E-state index in [9.17, 15) is 4.79 Å². The molecule has 0 heterocycles. The average Bonchev–Trinajstić information content (AvgIpc) is 2.43. The molecule has 112 valence electrons. The van der Waals surface area contributed by atoms with Gasteiger partial charge in [-0.25, -0.2) is 0 Å². The van der Waals surface area contributed by atoms with E-state index in [2.05, 4.69) is 4.90 Å². The third-order valence-corrected chi connectivity index (χ3v) is 3.50. The quantitative estimate of drug-likeness (QED) is 0.707. The van der Waals surface area contributed by atoms with Crippen LogP contribution in [-0.4, -0.2) is 32.1 Å². The minimum Gasteiger partial charge on any atom is -0.495 e. The Morgan fingerprint density at radius 2 is 2.00 bits per heavy atom. The Hall–Kier alpha value is -1.75. The fourth-order valence-corrected chi connectivity index (χ4v) is 2.03. The van der Waals surface area contributed by atoms with Crippen molar-refractivity contribution in [2.24, 2.45) is 11.5 Å². The molecule has 0 bridgehead atoms. The number of methoxy groups -OCH3 is 1. The van der Waals surface area contributed by atoms with Gasteiger partial charge in [0.1, 0.15) is 5.75 Å². The molecule has 1 aromatic rings. The van der Waals surface area contributed by atoms with Crippen LogP contribution in [0, 0.1) is 0 Å². The molecule has 0 radical (unpaired) electrons. The number of nitrogens with zero attached hydrogens (tertiary/aromatic N) is 1. The first-order chi connectivity index (χ1) is 9.38. The van der Waals surface area contributed by atoms with E-state index in [1.807, 2.05) is 31.3 Å². The summed E-state index contributed by atoms with van der Waals surface area (Å²) in [5, 5.41) is 0. The molecule has 0 aromatic heterocycles. The Bertz CT molecular complexity index is 446. The van der Waals surface area contributed by atoms with Crippen molar-refractivity contribution in [3.05, 3.63) is 24.3 Å². The molecular formula is C15H25N3O2. The predicted molar refractivity (Wildman–Crippen MR) is 81.9 cm³/mol. The van der Waals surface area contributed by atoms with E-state index < -0.39 is 11.4 Å². The Labute approximate surface area is 120 Å². The van der Waals surface area contributed by atoms with Crippen molar-refractivity contribution in [3.63, 3.8) is 0 Å². The molecule has 0 aliphatic rings. The number of hydrogen-bond acceptors (Lipinski definition) is 4. The van der Waals surface area contributed by atoms with Gasteiger partial charge in [-0.3, -0.25) is 4.79 Å². The second kappa shape index (κ2) is 7.14. The zero-order chi connectivity index (χ0) is 15.2. The Morgan fingerprint density at radius 1 is 1.35 bits per heavy atom. The number of carbonyl (C=O) groups excluding carboxylic acids is 1. The van der Waals surface area contributed by atoms with Crippen molar-refractivity contribution >= 4 is 11.6 Å². The van der Waals surface area contributed by atoms with Crippen LogP contribution in [0.2, 0.25) is 0 Å². The van der Waals surface area contributed by atoms with Crippen molar-refractivity contribution < 1.29 is 9.53 Å². The molecule has 1 rings (SSSR count). The van der Waals surface area contributed by atoms with E-state index in [1.165, 1.54) is 0 Å². The van der Waals surface area contributed by atoms with E-state index in [4.69, 9.17) is 16.2 Å². The number of hydrogen-bond donors (Lipinski definition) is 2. The highest BCUT2D eigenvalue weighted by Crippen LogP contribution is 2.26. The average molecular weight is 279 g/mol. The number of anilines is 1. The molecule has 0 saturated heterocycles. The van der Waals surface area contributed by atoms with Crippen LogP contribution < -0.4 is 21.1 Å². The van der Waals surface area contributed by atoms with Gasteiger partial charge in [-0.1, -0.05) is 12.1 Å². The summed E-state index contributed by atoms with van der Waals surface area (Å²) in [6, 6.07) is 7.90. The van der Waals surface area contributed by atoms with E-state index in [0.29, 0.717) is 6.42 Å². The lowest BCUT2D eigenvalue weighted by Crippen LogP contribution is -2.49. The van der Waals surface area contributed by atoms with Gasteiger partial charge in [0, 0.05) is 13.6 Å². The SMILES string of the molecule is COc1ccccc1N(C)CCCCC(C)(N)C(N)=O. The molecule has 20 heavy (non-hydrogen) atoms. The lowest BCUT2D eigenvalue weighted by atomic mass is 9.95. The summed E-state index contributed by atoms with van der Waals surface area (Å²) in [6.45, 7) is 2.55. The summed E-state index contributed by atoms with van der Waals surface area (Å²) in [6.07, 6.45) is 2.39. The Balaban J connectivity index is 2.44. The van der Waals surface area contributed by atoms with Crippen molar-refractivity contribution in [3.8, 4) is 5.75 Å². The first-order valence-electron chi connectivity index (χ1n) is 6.81. The molecule has 1 amide bonds. The standard InChI is InChI=1S/C15H25N3O2/c1-15(17,14(16)19)10-6-7-11-18(2)12-8-4-5-9-13(12)20-3/h4-5,8-9H,6-7,10-11,17H2,1-3H3,(H2,16,19). The van der Waals surface area contributed by atoms with Crippen LogP contribution >= 0.6 is 0 Å². The van der Waals surface area contributed by atoms with Gasteiger partial charge in [-0.2, -0.15) is 0 Å². The summed E-state index contributed by atoms with van der Waals surface area (Å²) < 4.78 is 5.34. The molecule has 1 atom stereocenters. The third kappa shape index (κ3) is 4.42. The van der Waals surface area contributed by atoms with Crippen LogP contribution in [0.5, 0.6) is 5.75 Å². The largest absolute Gasteiger partial charge is 0.495 e. The monoisotopic (exact) mass is 279 g/mol. The molecule has 4 N–H and O–H groups in total. The van der Waals surface area contributed by atoms with Crippen LogP contribution in [0.3, 0.4) is 0 Å². The fraction of sp³-hybridized carbons (Fsp3) is 0.533. The second-order valence-corrected chi connectivity index (χ2v) is 5.33. The van der Waals surface area contributed by atoms with Gasteiger partial charge < -0.3 is 21.1 Å². The highest BCUT2D eigenvalue weighted by Gasteiger charge is 2.24. The van der Waals surface area contributed by atoms with Gasteiger partial charge in [0.25, 0.3) is 0 Å². The number of para-hydroxylation sites is 2. The van der Waals surface area contributed by atoms with E-state index >= 15 is 0 Å². The Kier molecular flexibility index (Phi) is 5.82. The number of carbonyl (C=O) groups is 1. The first-order valence-corrected chi connectivity index (χ1v) is 6.81. The third-order valence-electron chi connectivity index (χ3n) is 3.50. The number of benzene rings is 1. The fourth-order valence-electron chi connectivity index (χ4n) is 2.03. The maximum absolute atomic E-state index is 11.1. The maximum atomic E-state index is 11.1. The second-order valence-electron chi connectivity index (χ2n) is 5.33. The normalized spacial score (nSPS) is 13.6. The molecule has 1 aromatic carbocycles. The van der Waals surface area contributed by atoms with E-state index in [-0.39, 0.29) is 0 Å². The van der Waals surface area contributed by atoms with E-state index in [0.717, 1.165) is 30.8 Å². The molecule has 0 fully saturated rings.